The van der Waals surface area contributed by atoms with Crippen LogP contribution in [0, 0.1) is 0 Å². The van der Waals surface area contributed by atoms with Crippen LogP contribution in [0.4, 0.5) is 11.5 Å². The Kier molecular flexibility index (Phi) is 5.14. The molecule has 6 nitrogen and oxygen atoms in total. The van der Waals surface area contributed by atoms with Crippen LogP contribution in [-0.2, 0) is 16.4 Å². The van der Waals surface area contributed by atoms with E-state index >= 15 is 0 Å². The molecule has 1 aromatic heterocycles. The van der Waals surface area contributed by atoms with Crippen molar-refractivity contribution in [2.75, 3.05) is 35.6 Å². The first-order valence-electron chi connectivity index (χ1n) is 9.08. The highest BCUT2D eigenvalue weighted by Crippen LogP contribution is 2.31. The highest BCUT2D eigenvalue weighted by Gasteiger charge is 2.26. The van der Waals surface area contributed by atoms with Gasteiger partial charge in [0.1, 0.15) is 5.82 Å². The van der Waals surface area contributed by atoms with Gasteiger partial charge in [-0.15, -0.1) is 0 Å². The van der Waals surface area contributed by atoms with Gasteiger partial charge in [0.25, 0.3) is 0 Å². The van der Waals surface area contributed by atoms with Crippen LogP contribution in [0.2, 0.25) is 5.02 Å². The van der Waals surface area contributed by atoms with Crippen molar-refractivity contribution >= 4 is 43.8 Å². The maximum Gasteiger partial charge on any atom is 0.180 e. The number of fused-ring (bicyclic) bond motifs is 2. The molecule has 2 heterocycles. The van der Waals surface area contributed by atoms with E-state index in [0.717, 1.165) is 28.0 Å². The van der Waals surface area contributed by atoms with E-state index in [4.69, 9.17) is 22.3 Å². The van der Waals surface area contributed by atoms with Gasteiger partial charge in [0.05, 0.1) is 16.2 Å². The largest absolute Gasteiger partial charge is 0.383 e. The molecule has 146 valence electrons. The van der Waals surface area contributed by atoms with Crippen molar-refractivity contribution in [3.63, 3.8) is 0 Å². The summed E-state index contributed by atoms with van der Waals surface area (Å²) >= 11 is 6.16. The molecular weight excluding hydrogens is 396 g/mol. The monoisotopic (exact) mass is 416 g/mol. The predicted octanol–water partition coefficient (Wildman–Crippen LogP) is 3.05. The number of hydrogen-bond donors (Lipinski definition) is 2. The number of aromatic nitrogens is 1. The normalized spacial score (nSPS) is 15.9. The average Bonchev–Trinajstić information content (AvgIpc) is 2.82. The lowest BCUT2D eigenvalue weighted by molar-refractivity contribution is 0.596. The fourth-order valence-corrected chi connectivity index (χ4v) is 5.13. The zero-order chi connectivity index (χ0) is 19.7. The highest BCUT2D eigenvalue weighted by molar-refractivity contribution is 7.91. The number of nitrogens with one attached hydrogen (secondary N) is 1. The SMILES string of the molecule is NCCNc1cc(N2CCS(=O)(=O)c3ccccc3C2)nc2ccc(Cl)cc12. The number of nitrogens with zero attached hydrogens (tertiary/aromatic N) is 2. The summed E-state index contributed by atoms with van der Waals surface area (Å²) in [6.07, 6.45) is 0. The van der Waals surface area contributed by atoms with Crippen molar-refractivity contribution in [1.29, 1.82) is 0 Å². The second-order valence-corrected chi connectivity index (χ2v) is 9.27. The van der Waals surface area contributed by atoms with Gasteiger partial charge < -0.3 is 16.0 Å². The summed E-state index contributed by atoms with van der Waals surface area (Å²) in [5.74, 6) is 0.775. The van der Waals surface area contributed by atoms with Gasteiger partial charge in [-0.25, -0.2) is 13.4 Å². The van der Waals surface area contributed by atoms with Gasteiger partial charge in [0.15, 0.2) is 9.84 Å². The van der Waals surface area contributed by atoms with Crippen LogP contribution >= 0.6 is 11.6 Å². The van der Waals surface area contributed by atoms with Crippen molar-refractivity contribution in [3.8, 4) is 0 Å². The molecule has 0 bridgehead atoms. The van der Waals surface area contributed by atoms with Gasteiger partial charge in [-0.3, -0.25) is 0 Å². The predicted molar refractivity (Wildman–Crippen MR) is 114 cm³/mol. The van der Waals surface area contributed by atoms with Crippen LogP contribution in [0.1, 0.15) is 5.56 Å². The summed E-state index contributed by atoms with van der Waals surface area (Å²) in [6, 6.07) is 14.6. The van der Waals surface area contributed by atoms with Crippen molar-refractivity contribution in [2.24, 2.45) is 5.73 Å². The molecule has 0 spiro atoms. The van der Waals surface area contributed by atoms with Gasteiger partial charge in [-0.05, 0) is 29.8 Å². The number of benzene rings is 2. The van der Waals surface area contributed by atoms with E-state index in [1.165, 1.54) is 0 Å². The minimum Gasteiger partial charge on any atom is -0.383 e. The molecule has 1 aliphatic rings. The van der Waals surface area contributed by atoms with Gasteiger partial charge in [-0.2, -0.15) is 0 Å². The minimum atomic E-state index is -3.31. The maximum absolute atomic E-state index is 12.6. The molecule has 3 aromatic rings. The van der Waals surface area contributed by atoms with Crippen LogP contribution < -0.4 is 16.0 Å². The van der Waals surface area contributed by atoms with E-state index in [9.17, 15) is 8.42 Å². The quantitative estimate of drug-likeness (QED) is 0.679. The molecule has 0 saturated carbocycles. The van der Waals surface area contributed by atoms with E-state index in [2.05, 4.69) is 5.32 Å². The molecule has 0 atom stereocenters. The Balaban J connectivity index is 1.80. The average molecular weight is 417 g/mol. The number of hydrogen-bond acceptors (Lipinski definition) is 6. The maximum atomic E-state index is 12.6. The van der Waals surface area contributed by atoms with Gasteiger partial charge >= 0.3 is 0 Å². The third-order valence-electron chi connectivity index (χ3n) is 4.84. The standard InChI is InChI=1S/C20H21ClN4O2S/c21-15-5-6-17-16(11-15)18(23-8-7-22)12-20(24-17)25-9-10-28(26,27)19-4-2-1-3-14(19)13-25/h1-6,11-12H,7-10,13,22H2,(H,23,24). The molecule has 2 aromatic carbocycles. The summed E-state index contributed by atoms with van der Waals surface area (Å²) < 4.78 is 25.3. The lowest BCUT2D eigenvalue weighted by atomic mass is 10.1. The zero-order valence-corrected chi connectivity index (χ0v) is 16.8. The summed E-state index contributed by atoms with van der Waals surface area (Å²) in [5.41, 5.74) is 8.12. The Morgan fingerprint density at radius 3 is 2.82 bits per heavy atom. The third-order valence-corrected chi connectivity index (χ3v) is 6.86. The topological polar surface area (TPSA) is 88.3 Å². The number of rotatable bonds is 4. The fourth-order valence-electron chi connectivity index (χ4n) is 3.46. The molecular formula is C20H21ClN4O2S. The Hall–Kier alpha value is -2.35. The van der Waals surface area contributed by atoms with Crippen molar-refractivity contribution in [2.45, 2.75) is 11.4 Å². The third kappa shape index (κ3) is 3.65. The lowest BCUT2D eigenvalue weighted by Gasteiger charge is -2.23. The Morgan fingerprint density at radius 2 is 2.00 bits per heavy atom. The molecule has 28 heavy (non-hydrogen) atoms. The van der Waals surface area contributed by atoms with Gasteiger partial charge in [0, 0.05) is 48.3 Å². The molecule has 0 amide bonds. The van der Waals surface area contributed by atoms with E-state index in [1.807, 2.05) is 35.2 Å². The molecule has 3 N–H and O–H groups in total. The Labute approximate surface area is 169 Å². The first-order valence-corrected chi connectivity index (χ1v) is 11.1. The van der Waals surface area contributed by atoms with E-state index in [-0.39, 0.29) is 5.75 Å². The van der Waals surface area contributed by atoms with Crippen LogP contribution in [0.15, 0.2) is 53.4 Å². The molecule has 1 aliphatic heterocycles. The molecule has 0 radical (unpaired) electrons. The van der Waals surface area contributed by atoms with Crippen LogP contribution in [0.25, 0.3) is 10.9 Å². The fraction of sp³-hybridized carbons (Fsp3) is 0.250. The Morgan fingerprint density at radius 1 is 1.18 bits per heavy atom. The molecule has 0 unspecified atom stereocenters. The van der Waals surface area contributed by atoms with Crippen LogP contribution in [-0.4, -0.2) is 38.8 Å². The van der Waals surface area contributed by atoms with E-state index < -0.39 is 9.84 Å². The number of sulfone groups is 1. The second kappa shape index (κ2) is 7.58. The highest BCUT2D eigenvalue weighted by atomic mass is 35.5. The van der Waals surface area contributed by atoms with Gasteiger partial charge in [0.2, 0.25) is 0 Å². The van der Waals surface area contributed by atoms with Crippen molar-refractivity contribution < 1.29 is 8.42 Å². The van der Waals surface area contributed by atoms with E-state index in [0.29, 0.717) is 36.1 Å². The number of nitrogens with two attached hydrogens (primary N) is 1. The number of anilines is 2. The van der Waals surface area contributed by atoms with Crippen molar-refractivity contribution in [3.05, 3.63) is 59.1 Å². The molecule has 0 fully saturated rings. The molecule has 8 heteroatoms. The van der Waals surface area contributed by atoms with E-state index in [1.54, 1.807) is 18.2 Å². The number of pyridine rings is 1. The van der Waals surface area contributed by atoms with Gasteiger partial charge in [-0.1, -0.05) is 29.8 Å². The second-order valence-electron chi connectivity index (χ2n) is 6.75. The molecule has 4 rings (SSSR count). The molecule has 0 aliphatic carbocycles. The van der Waals surface area contributed by atoms with Crippen LogP contribution in [0.3, 0.4) is 0 Å². The zero-order valence-electron chi connectivity index (χ0n) is 15.2. The minimum absolute atomic E-state index is 0.0515. The van der Waals surface area contributed by atoms with Crippen molar-refractivity contribution in [1.82, 2.24) is 4.98 Å². The first kappa shape index (κ1) is 19.0. The lowest BCUT2D eigenvalue weighted by Crippen LogP contribution is -2.26. The Bertz CT molecular complexity index is 1130. The summed E-state index contributed by atoms with van der Waals surface area (Å²) in [4.78, 5) is 7.19. The summed E-state index contributed by atoms with van der Waals surface area (Å²) in [7, 11) is -3.31. The van der Waals surface area contributed by atoms with Crippen LogP contribution in [0.5, 0.6) is 0 Å². The molecule has 0 saturated heterocycles. The smallest absolute Gasteiger partial charge is 0.180 e. The first-order chi connectivity index (χ1) is 13.5. The summed E-state index contributed by atoms with van der Waals surface area (Å²) in [5, 5.41) is 4.87. The summed E-state index contributed by atoms with van der Waals surface area (Å²) in [6.45, 7) is 1.97. The number of halogens is 1.